The second-order valence-corrected chi connectivity index (χ2v) is 7.96. The van der Waals surface area contributed by atoms with E-state index in [4.69, 9.17) is 0 Å². The van der Waals surface area contributed by atoms with Gasteiger partial charge in [-0.1, -0.05) is 26.2 Å². The van der Waals surface area contributed by atoms with Gasteiger partial charge in [0, 0.05) is 27.2 Å². The summed E-state index contributed by atoms with van der Waals surface area (Å²) in [6, 6.07) is 0. The number of hydrogen-bond donors (Lipinski definition) is 1. The minimum absolute atomic E-state index is 0.540. The molecule has 1 aliphatic carbocycles. The molecule has 0 spiro atoms. The number of rotatable bonds is 9. The topological polar surface area (TPSA) is 52.7 Å². The van der Waals surface area contributed by atoms with E-state index in [9.17, 15) is 8.42 Å². The van der Waals surface area contributed by atoms with Crippen LogP contribution in [-0.2, 0) is 10.2 Å². The van der Waals surface area contributed by atoms with Gasteiger partial charge in [0.1, 0.15) is 0 Å². The summed E-state index contributed by atoms with van der Waals surface area (Å²) in [7, 11) is 0.106. The normalized spacial score (nSPS) is 18.1. The van der Waals surface area contributed by atoms with Gasteiger partial charge in [-0.15, -0.1) is 0 Å². The van der Waals surface area contributed by atoms with Gasteiger partial charge in [0.15, 0.2) is 0 Å². The summed E-state index contributed by atoms with van der Waals surface area (Å²) < 4.78 is 27.8. The second-order valence-electron chi connectivity index (χ2n) is 5.82. The van der Waals surface area contributed by atoms with Crippen LogP contribution in [0.5, 0.6) is 0 Å². The highest BCUT2D eigenvalue weighted by Gasteiger charge is 2.26. The van der Waals surface area contributed by atoms with Crippen LogP contribution >= 0.6 is 0 Å². The Hall–Kier alpha value is -0.170. The van der Waals surface area contributed by atoms with Crippen LogP contribution < -0.4 is 5.32 Å². The molecule has 120 valence electrons. The quantitative estimate of drug-likeness (QED) is 0.659. The van der Waals surface area contributed by atoms with E-state index in [1.807, 2.05) is 0 Å². The molecule has 0 aromatic heterocycles. The SMILES string of the molecule is CCNCCCN(C)S(=O)(=O)N(C)CC1CCCCC1. The first-order valence-electron chi connectivity index (χ1n) is 7.86. The maximum absolute atomic E-state index is 12.4. The summed E-state index contributed by atoms with van der Waals surface area (Å²) in [5, 5.41) is 3.21. The van der Waals surface area contributed by atoms with Gasteiger partial charge in [0.25, 0.3) is 10.2 Å². The maximum atomic E-state index is 12.4. The standard InChI is InChI=1S/C14H31N3O2S/c1-4-15-11-8-12-16(2)20(18,19)17(3)13-14-9-6-5-7-10-14/h14-15H,4-13H2,1-3H3. The number of nitrogens with one attached hydrogen (secondary N) is 1. The van der Waals surface area contributed by atoms with Gasteiger partial charge in [-0.25, -0.2) is 0 Å². The maximum Gasteiger partial charge on any atom is 0.281 e. The summed E-state index contributed by atoms with van der Waals surface area (Å²) in [4.78, 5) is 0. The van der Waals surface area contributed by atoms with Crippen molar-refractivity contribution in [3.63, 3.8) is 0 Å². The van der Waals surface area contributed by atoms with Crippen LogP contribution in [0.2, 0.25) is 0 Å². The fourth-order valence-electron chi connectivity index (χ4n) is 2.78. The van der Waals surface area contributed by atoms with Gasteiger partial charge >= 0.3 is 0 Å². The van der Waals surface area contributed by atoms with E-state index >= 15 is 0 Å². The van der Waals surface area contributed by atoms with Gasteiger partial charge in [-0.2, -0.15) is 17.0 Å². The number of nitrogens with zero attached hydrogens (tertiary/aromatic N) is 2. The smallest absolute Gasteiger partial charge is 0.281 e. The third-order valence-electron chi connectivity index (χ3n) is 4.10. The van der Waals surface area contributed by atoms with E-state index in [-0.39, 0.29) is 0 Å². The zero-order valence-corrected chi connectivity index (χ0v) is 14.1. The molecule has 1 aliphatic rings. The van der Waals surface area contributed by atoms with Crippen molar-refractivity contribution < 1.29 is 8.42 Å². The molecule has 0 bridgehead atoms. The van der Waals surface area contributed by atoms with Crippen molar-refractivity contribution in [3.8, 4) is 0 Å². The summed E-state index contributed by atoms with van der Waals surface area (Å²) >= 11 is 0. The van der Waals surface area contributed by atoms with Crippen LogP contribution in [0.3, 0.4) is 0 Å². The Morgan fingerprint density at radius 2 is 1.75 bits per heavy atom. The van der Waals surface area contributed by atoms with Crippen molar-refractivity contribution in [2.45, 2.75) is 45.4 Å². The third kappa shape index (κ3) is 5.68. The van der Waals surface area contributed by atoms with Crippen LogP contribution in [0.1, 0.15) is 45.4 Å². The van der Waals surface area contributed by atoms with E-state index < -0.39 is 10.2 Å². The van der Waals surface area contributed by atoms with Gasteiger partial charge < -0.3 is 5.32 Å². The van der Waals surface area contributed by atoms with E-state index in [1.54, 1.807) is 14.1 Å². The zero-order chi connectivity index (χ0) is 15.0. The molecule has 0 unspecified atom stereocenters. The van der Waals surface area contributed by atoms with Crippen LogP contribution in [0.15, 0.2) is 0 Å². The van der Waals surface area contributed by atoms with Gasteiger partial charge in [-0.05, 0) is 38.3 Å². The molecule has 0 saturated heterocycles. The molecule has 1 N–H and O–H groups in total. The molecule has 5 nitrogen and oxygen atoms in total. The highest BCUT2D eigenvalue weighted by atomic mass is 32.2. The van der Waals surface area contributed by atoms with Crippen LogP contribution in [0.25, 0.3) is 0 Å². The average Bonchev–Trinajstić information content (AvgIpc) is 2.44. The van der Waals surface area contributed by atoms with Crippen LogP contribution in [0, 0.1) is 5.92 Å². The average molecular weight is 305 g/mol. The lowest BCUT2D eigenvalue weighted by Gasteiger charge is -2.29. The van der Waals surface area contributed by atoms with Crippen molar-refractivity contribution in [1.82, 2.24) is 13.9 Å². The minimum Gasteiger partial charge on any atom is -0.317 e. The summed E-state index contributed by atoms with van der Waals surface area (Å²) in [5.41, 5.74) is 0. The van der Waals surface area contributed by atoms with Crippen molar-refractivity contribution in [1.29, 1.82) is 0 Å². The molecule has 1 saturated carbocycles. The Kier molecular flexibility index (Phi) is 8.02. The predicted octanol–water partition coefficient (Wildman–Crippen LogP) is 1.67. The summed E-state index contributed by atoms with van der Waals surface area (Å²) in [6.45, 7) is 5.09. The van der Waals surface area contributed by atoms with Crippen molar-refractivity contribution in [3.05, 3.63) is 0 Å². The molecule has 0 amide bonds. The molecule has 6 heteroatoms. The third-order valence-corrected chi connectivity index (χ3v) is 6.01. The van der Waals surface area contributed by atoms with Crippen molar-refractivity contribution >= 4 is 10.2 Å². The largest absolute Gasteiger partial charge is 0.317 e. The molecule has 1 fully saturated rings. The van der Waals surface area contributed by atoms with E-state index in [2.05, 4.69) is 12.2 Å². The first kappa shape index (κ1) is 17.9. The Labute approximate surface area is 124 Å². The van der Waals surface area contributed by atoms with Crippen molar-refractivity contribution in [2.75, 3.05) is 40.3 Å². The second kappa shape index (κ2) is 8.97. The highest BCUT2D eigenvalue weighted by molar-refractivity contribution is 7.86. The molecule has 0 aromatic carbocycles. The Morgan fingerprint density at radius 3 is 2.35 bits per heavy atom. The lowest BCUT2D eigenvalue weighted by atomic mass is 9.89. The summed E-state index contributed by atoms with van der Waals surface area (Å²) in [6.07, 6.45) is 6.99. The first-order valence-corrected chi connectivity index (χ1v) is 9.26. The number of hydrogen-bond acceptors (Lipinski definition) is 3. The van der Waals surface area contributed by atoms with Crippen LogP contribution in [0.4, 0.5) is 0 Å². The van der Waals surface area contributed by atoms with E-state index in [0.29, 0.717) is 19.0 Å². The van der Waals surface area contributed by atoms with Gasteiger partial charge in [0.2, 0.25) is 0 Å². The van der Waals surface area contributed by atoms with E-state index in [1.165, 1.54) is 40.7 Å². The molecule has 0 aromatic rings. The fraction of sp³-hybridized carbons (Fsp3) is 1.00. The van der Waals surface area contributed by atoms with E-state index in [0.717, 1.165) is 19.5 Å². The molecular formula is C14H31N3O2S. The lowest BCUT2D eigenvalue weighted by molar-refractivity contribution is 0.288. The highest BCUT2D eigenvalue weighted by Crippen LogP contribution is 2.25. The molecule has 0 aliphatic heterocycles. The monoisotopic (exact) mass is 305 g/mol. The van der Waals surface area contributed by atoms with Crippen molar-refractivity contribution in [2.24, 2.45) is 5.92 Å². The first-order chi connectivity index (χ1) is 9.48. The Balaban J connectivity index is 2.40. The molecule has 1 rings (SSSR count). The van der Waals surface area contributed by atoms with Gasteiger partial charge in [-0.3, -0.25) is 0 Å². The minimum atomic E-state index is -3.29. The Morgan fingerprint density at radius 1 is 1.10 bits per heavy atom. The zero-order valence-electron chi connectivity index (χ0n) is 13.3. The van der Waals surface area contributed by atoms with Gasteiger partial charge in [0.05, 0.1) is 0 Å². The van der Waals surface area contributed by atoms with Crippen LogP contribution in [-0.4, -0.2) is 57.3 Å². The predicted molar refractivity (Wildman–Crippen MR) is 83.9 cm³/mol. The Bertz CT molecular complexity index is 353. The molecule has 0 atom stereocenters. The lowest BCUT2D eigenvalue weighted by Crippen LogP contribution is -2.42. The molecule has 0 radical (unpaired) electrons. The molecular weight excluding hydrogens is 274 g/mol. The summed E-state index contributed by atoms with van der Waals surface area (Å²) in [5.74, 6) is 0.540. The molecule has 20 heavy (non-hydrogen) atoms. The molecule has 0 heterocycles. The fourth-order valence-corrected chi connectivity index (χ4v) is 4.02.